The molecular formula is C14H6Cl2O3. The maximum atomic E-state index is 11.3. The van der Waals surface area contributed by atoms with Crippen molar-refractivity contribution in [2.45, 2.75) is 0 Å². The Morgan fingerprint density at radius 3 is 2.42 bits per heavy atom. The fourth-order valence-corrected chi connectivity index (χ4v) is 2.34. The first-order valence-corrected chi connectivity index (χ1v) is 6.18. The monoisotopic (exact) mass is 292 g/mol. The van der Waals surface area contributed by atoms with Gasteiger partial charge in [0.25, 0.3) is 10.5 Å². The minimum atomic E-state index is -0.585. The highest BCUT2D eigenvalue weighted by Crippen LogP contribution is 2.32. The van der Waals surface area contributed by atoms with Crippen LogP contribution in [0.5, 0.6) is 0 Å². The van der Waals surface area contributed by atoms with Crippen LogP contribution >= 0.6 is 23.2 Å². The van der Waals surface area contributed by atoms with Crippen molar-refractivity contribution in [3.8, 4) is 0 Å². The number of rotatable bonds is 2. The van der Waals surface area contributed by atoms with E-state index in [1.807, 2.05) is 0 Å². The fourth-order valence-electron chi connectivity index (χ4n) is 2.08. The third-order valence-electron chi connectivity index (χ3n) is 2.94. The van der Waals surface area contributed by atoms with Gasteiger partial charge < -0.3 is 4.42 Å². The molecule has 3 nitrogen and oxygen atoms in total. The molecule has 0 fully saturated rings. The normalized spacial score (nSPS) is 11.1. The van der Waals surface area contributed by atoms with Crippen LogP contribution in [-0.2, 0) is 0 Å². The lowest BCUT2D eigenvalue weighted by atomic mass is 10.1. The zero-order chi connectivity index (χ0) is 13.6. The van der Waals surface area contributed by atoms with Gasteiger partial charge in [-0.25, -0.2) is 0 Å². The maximum Gasteiger partial charge on any atom is 0.256 e. The number of hydrogen-bond donors (Lipinski definition) is 0. The average Bonchev–Trinajstić information content (AvgIpc) is 2.75. The molecule has 3 rings (SSSR count). The number of halogens is 2. The smallest absolute Gasteiger partial charge is 0.256 e. The maximum absolute atomic E-state index is 11.3. The van der Waals surface area contributed by atoms with E-state index in [9.17, 15) is 9.59 Å². The van der Waals surface area contributed by atoms with E-state index in [0.29, 0.717) is 22.3 Å². The van der Waals surface area contributed by atoms with E-state index in [0.717, 1.165) is 10.8 Å². The minimum Gasteiger partial charge on any atom is -0.455 e. The topological polar surface area (TPSA) is 47.3 Å². The molecule has 0 bridgehead atoms. The predicted octanol–water partition coefficient (Wildman–Crippen LogP) is 4.34. The molecule has 0 saturated carbocycles. The molecule has 1 aromatic heterocycles. The van der Waals surface area contributed by atoms with Gasteiger partial charge in [-0.15, -0.1) is 0 Å². The first kappa shape index (κ1) is 12.2. The molecule has 3 aromatic rings. The van der Waals surface area contributed by atoms with Crippen LogP contribution in [0.1, 0.15) is 20.7 Å². The second-order valence-electron chi connectivity index (χ2n) is 4.04. The quantitative estimate of drug-likeness (QED) is 0.660. The third kappa shape index (κ3) is 1.91. The number of hydrogen-bond acceptors (Lipinski definition) is 3. The lowest BCUT2D eigenvalue weighted by Crippen LogP contribution is -1.88. The summed E-state index contributed by atoms with van der Waals surface area (Å²) >= 11 is 11.0. The van der Waals surface area contributed by atoms with Crippen molar-refractivity contribution in [2.24, 2.45) is 0 Å². The van der Waals surface area contributed by atoms with Crippen molar-refractivity contribution in [1.82, 2.24) is 0 Å². The van der Waals surface area contributed by atoms with Crippen molar-refractivity contribution in [3.05, 3.63) is 47.5 Å². The van der Waals surface area contributed by atoms with E-state index in [1.54, 1.807) is 36.4 Å². The molecule has 19 heavy (non-hydrogen) atoms. The third-order valence-corrected chi connectivity index (χ3v) is 3.36. The van der Waals surface area contributed by atoms with Crippen LogP contribution in [-0.4, -0.2) is 10.5 Å². The summed E-state index contributed by atoms with van der Waals surface area (Å²) < 4.78 is 5.62. The van der Waals surface area contributed by atoms with Gasteiger partial charge in [0, 0.05) is 16.3 Å². The Balaban J connectivity index is 2.43. The van der Waals surface area contributed by atoms with Gasteiger partial charge in [0.15, 0.2) is 0 Å². The Bertz CT molecular complexity index is 833. The molecule has 94 valence electrons. The Kier molecular flexibility index (Phi) is 2.81. The molecule has 2 aromatic carbocycles. The molecule has 0 aliphatic carbocycles. The van der Waals surface area contributed by atoms with Crippen LogP contribution in [0.2, 0.25) is 0 Å². The number of furan rings is 1. The molecule has 5 heteroatoms. The number of carbonyl (C=O) groups excluding carboxylic acids is 2. The van der Waals surface area contributed by atoms with Crippen molar-refractivity contribution < 1.29 is 14.0 Å². The summed E-state index contributed by atoms with van der Waals surface area (Å²) in [5.74, 6) is 0. The van der Waals surface area contributed by atoms with Crippen LogP contribution in [0.25, 0.3) is 21.9 Å². The number of fused-ring (bicyclic) bond motifs is 3. The zero-order valence-corrected chi connectivity index (χ0v) is 11.0. The van der Waals surface area contributed by atoms with Gasteiger partial charge in [-0.2, -0.15) is 0 Å². The Morgan fingerprint density at radius 1 is 0.947 bits per heavy atom. The van der Waals surface area contributed by atoms with Gasteiger partial charge in [0.05, 0.1) is 5.56 Å². The molecule has 0 aliphatic rings. The summed E-state index contributed by atoms with van der Waals surface area (Å²) in [7, 11) is 0. The van der Waals surface area contributed by atoms with Gasteiger partial charge in [0.2, 0.25) is 0 Å². The van der Waals surface area contributed by atoms with Gasteiger partial charge in [-0.05, 0) is 47.5 Å². The number of para-hydroxylation sites is 1. The van der Waals surface area contributed by atoms with E-state index < -0.39 is 10.5 Å². The van der Waals surface area contributed by atoms with Crippen LogP contribution in [0.3, 0.4) is 0 Å². The Labute approximate surface area is 117 Å². The molecule has 0 aliphatic heterocycles. The highest BCUT2D eigenvalue weighted by atomic mass is 35.5. The Hall–Kier alpha value is -1.84. The van der Waals surface area contributed by atoms with E-state index in [2.05, 4.69) is 0 Å². The molecule has 0 spiro atoms. The van der Waals surface area contributed by atoms with Crippen LogP contribution < -0.4 is 0 Å². The molecule has 0 radical (unpaired) electrons. The van der Waals surface area contributed by atoms with Crippen molar-refractivity contribution >= 4 is 55.6 Å². The molecule has 0 unspecified atom stereocenters. The predicted molar refractivity (Wildman–Crippen MR) is 74.1 cm³/mol. The van der Waals surface area contributed by atoms with Gasteiger partial charge >= 0.3 is 0 Å². The number of benzene rings is 2. The summed E-state index contributed by atoms with van der Waals surface area (Å²) in [6.45, 7) is 0. The van der Waals surface area contributed by atoms with E-state index >= 15 is 0 Å². The van der Waals surface area contributed by atoms with Crippen molar-refractivity contribution in [3.63, 3.8) is 0 Å². The molecule has 0 amide bonds. The second kappa shape index (κ2) is 4.37. The van der Waals surface area contributed by atoms with Crippen LogP contribution in [0.15, 0.2) is 40.8 Å². The minimum absolute atomic E-state index is 0.300. The van der Waals surface area contributed by atoms with Crippen LogP contribution in [0, 0.1) is 0 Å². The fraction of sp³-hybridized carbons (Fsp3) is 0. The lowest BCUT2D eigenvalue weighted by Gasteiger charge is -1.94. The summed E-state index contributed by atoms with van der Waals surface area (Å²) in [6.07, 6.45) is 0. The van der Waals surface area contributed by atoms with E-state index in [1.165, 1.54) is 0 Å². The van der Waals surface area contributed by atoms with Crippen molar-refractivity contribution in [2.75, 3.05) is 0 Å². The van der Waals surface area contributed by atoms with Crippen LogP contribution in [0.4, 0.5) is 0 Å². The lowest BCUT2D eigenvalue weighted by molar-refractivity contribution is 0.107. The highest BCUT2D eigenvalue weighted by Gasteiger charge is 2.15. The Morgan fingerprint density at radius 2 is 1.74 bits per heavy atom. The average molecular weight is 293 g/mol. The molecule has 0 saturated heterocycles. The first-order chi connectivity index (χ1) is 9.08. The second-order valence-corrected chi connectivity index (χ2v) is 4.73. The standard InChI is InChI=1S/C14H6Cl2O3/c15-13(17)7-4-5-11-10(6-7)8-2-1-3-9(14(16)18)12(8)19-11/h1-6H. The molecule has 1 heterocycles. The number of carbonyl (C=O) groups is 2. The van der Waals surface area contributed by atoms with Gasteiger partial charge in [0.1, 0.15) is 11.2 Å². The van der Waals surface area contributed by atoms with Gasteiger partial charge in [-0.3, -0.25) is 9.59 Å². The SMILES string of the molecule is O=C(Cl)c1ccc2oc3c(C(=O)Cl)cccc3c2c1. The molecule has 0 N–H and O–H groups in total. The van der Waals surface area contributed by atoms with E-state index in [4.69, 9.17) is 27.6 Å². The van der Waals surface area contributed by atoms with E-state index in [-0.39, 0.29) is 0 Å². The molecule has 0 atom stereocenters. The summed E-state index contributed by atoms with van der Waals surface area (Å²) in [5.41, 5.74) is 1.66. The molecular weight excluding hydrogens is 287 g/mol. The van der Waals surface area contributed by atoms with Crippen molar-refractivity contribution in [1.29, 1.82) is 0 Å². The summed E-state index contributed by atoms with van der Waals surface area (Å²) in [6, 6.07) is 9.96. The largest absolute Gasteiger partial charge is 0.455 e. The first-order valence-electron chi connectivity index (χ1n) is 5.43. The highest BCUT2D eigenvalue weighted by molar-refractivity contribution is 6.68. The summed E-state index contributed by atoms with van der Waals surface area (Å²) in [5, 5.41) is 0.321. The summed E-state index contributed by atoms with van der Waals surface area (Å²) in [4.78, 5) is 22.5. The van der Waals surface area contributed by atoms with Gasteiger partial charge in [-0.1, -0.05) is 12.1 Å². The zero-order valence-electron chi connectivity index (χ0n) is 9.44.